The Morgan fingerprint density at radius 2 is 1.93 bits per heavy atom. The molecule has 0 fully saturated rings. The number of nitrogens with one attached hydrogen (secondary N) is 1. The van der Waals surface area contributed by atoms with Gasteiger partial charge in [0.1, 0.15) is 16.6 Å². The van der Waals surface area contributed by atoms with E-state index in [1.54, 1.807) is 0 Å². The van der Waals surface area contributed by atoms with Crippen molar-refractivity contribution in [3.05, 3.63) is 59.3 Å². The lowest BCUT2D eigenvalue weighted by molar-refractivity contribution is -0.274. The number of hydrogen-bond donors (Lipinski definition) is 1. The number of carbonyl (C=O) groups is 1. The van der Waals surface area contributed by atoms with Crippen LogP contribution >= 0.6 is 11.8 Å². The molecule has 9 heteroatoms. The van der Waals surface area contributed by atoms with Crippen molar-refractivity contribution in [1.29, 1.82) is 0 Å². The summed E-state index contributed by atoms with van der Waals surface area (Å²) in [4.78, 5) is 20.5. The van der Waals surface area contributed by atoms with Crippen LogP contribution < -0.4 is 10.1 Å². The van der Waals surface area contributed by atoms with E-state index in [2.05, 4.69) is 26.6 Å². The molecular formula is C21H22F3N3O2S. The molecule has 160 valence electrons. The average molecular weight is 437 g/mol. The molecule has 1 N–H and O–H groups in total. The first kappa shape index (κ1) is 23.5. The molecule has 0 saturated heterocycles. The molecule has 0 spiro atoms. The van der Waals surface area contributed by atoms with Crippen LogP contribution in [0.4, 0.5) is 13.2 Å². The number of allylic oxidation sites excluding steroid dienone is 1. The Balaban J connectivity index is 2.42. The van der Waals surface area contributed by atoms with Crippen LogP contribution in [0.25, 0.3) is 11.3 Å². The summed E-state index contributed by atoms with van der Waals surface area (Å²) in [5.74, 6) is -0.288. The zero-order valence-corrected chi connectivity index (χ0v) is 17.7. The molecule has 0 saturated carbocycles. The predicted octanol–water partition coefficient (Wildman–Crippen LogP) is 5.56. The maximum atomic E-state index is 12.4. The molecule has 5 nitrogen and oxygen atoms in total. The van der Waals surface area contributed by atoms with E-state index in [9.17, 15) is 18.0 Å². The number of alkyl halides is 3. The molecule has 2 aromatic rings. The monoisotopic (exact) mass is 437 g/mol. The highest BCUT2D eigenvalue weighted by Crippen LogP contribution is 2.32. The van der Waals surface area contributed by atoms with Crippen molar-refractivity contribution in [2.75, 3.05) is 0 Å². The maximum Gasteiger partial charge on any atom is 0.573 e. The first-order valence-electron chi connectivity index (χ1n) is 9.09. The number of hydrogen-bond acceptors (Lipinski definition) is 5. The molecule has 2 rings (SSSR count). The highest BCUT2D eigenvalue weighted by molar-refractivity contribution is 8.02. The minimum absolute atomic E-state index is 0.0947. The summed E-state index contributed by atoms with van der Waals surface area (Å²) >= 11 is 1.43. The largest absolute Gasteiger partial charge is 0.573 e. The fourth-order valence-electron chi connectivity index (χ4n) is 2.31. The van der Waals surface area contributed by atoms with Crippen molar-refractivity contribution >= 4 is 17.7 Å². The van der Waals surface area contributed by atoms with Gasteiger partial charge in [-0.3, -0.25) is 4.79 Å². The number of thioether (sulfide) groups is 1. The van der Waals surface area contributed by atoms with Gasteiger partial charge in [0.05, 0.1) is 12.2 Å². The highest BCUT2D eigenvalue weighted by Gasteiger charge is 2.31. The van der Waals surface area contributed by atoms with Crippen LogP contribution in [-0.2, 0) is 11.3 Å². The lowest BCUT2D eigenvalue weighted by Gasteiger charge is -2.13. The molecule has 1 heterocycles. The maximum absolute atomic E-state index is 12.4. The Kier molecular flexibility index (Phi) is 8.05. The molecule has 30 heavy (non-hydrogen) atoms. The van der Waals surface area contributed by atoms with Gasteiger partial charge >= 0.3 is 6.36 Å². The Bertz CT molecular complexity index is 942. The first-order chi connectivity index (χ1) is 14.1. The van der Waals surface area contributed by atoms with Gasteiger partial charge in [-0.2, -0.15) is 0 Å². The first-order valence-corrected chi connectivity index (χ1v) is 9.97. The van der Waals surface area contributed by atoms with Crippen molar-refractivity contribution in [3.8, 4) is 17.0 Å². The fourth-order valence-corrected chi connectivity index (χ4v) is 3.22. The van der Waals surface area contributed by atoms with E-state index in [1.165, 1.54) is 41.6 Å². The second kappa shape index (κ2) is 10.3. The molecule has 0 atom stereocenters. The lowest BCUT2D eigenvalue weighted by Crippen LogP contribution is -2.22. The third kappa shape index (κ3) is 6.91. The number of halogens is 3. The van der Waals surface area contributed by atoms with Gasteiger partial charge in [0.2, 0.25) is 5.91 Å². The molecule has 0 unspecified atom stereocenters. The van der Waals surface area contributed by atoms with E-state index in [0.717, 1.165) is 18.1 Å². The summed E-state index contributed by atoms with van der Waals surface area (Å²) in [7, 11) is 0. The van der Waals surface area contributed by atoms with E-state index >= 15 is 0 Å². The number of ether oxygens (including phenoxy) is 1. The summed E-state index contributed by atoms with van der Waals surface area (Å²) < 4.78 is 41.1. The number of nitrogens with zero attached hydrogens (tertiary/aromatic N) is 2. The van der Waals surface area contributed by atoms with Gasteiger partial charge in [0.25, 0.3) is 0 Å². The van der Waals surface area contributed by atoms with Crippen molar-refractivity contribution < 1.29 is 22.7 Å². The van der Waals surface area contributed by atoms with Crippen molar-refractivity contribution in [1.82, 2.24) is 15.3 Å². The van der Waals surface area contributed by atoms with Gasteiger partial charge in [-0.05, 0) is 56.0 Å². The second-order valence-electron chi connectivity index (χ2n) is 6.35. The molecule has 0 aliphatic carbocycles. The van der Waals surface area contributed by atoms with Crippen LogP contribution in [0.1, 0.15) is 31.7 Å². The number of benzene rings is 1. The number of carbonyl (C=O) groups excluding carboxylic acids is 1. The van der Waals surface area contributed by atoms with Crippen LogP contribution in [0, 0.1) is 6.92 Å². The lowest BCUT2D eigenvalue weighted by atomic mass is 10.1. The Hall–Kier alpha value is -2.81. The van der Waals surface area contributed by atoms with Gasteiger partial charge in [-0.15, -0.1) is 13.2 Å². The summed E-state index contributed by atoms with van der Waals surface area (Å²) in [6.45, 7) is 9.40. The molecule has 0 bridgehead atoms. The van der Waals surface area contributed by atoms with E-state index in [-0.39, 0.29) is 18.2 Å². The third-order valence-corrected chi connectivity index (χ3v) is 5.19. The van der Waals surface area contributed by atoms with Crippen LogP contribution in [0.3, 0.4) is 0 Å². The SMILES string of the molecule is C=CC(=O)NCc1nc(S/C=C(\C)CC)c(C)c(-c2ccc(OC(F)(F)F)cc2)n1. The zero-order valence-electron chi connectivity index (χ0n) is 16.8. The summed E-state index contributed by atoms with van der Waals surface area (Å²) in [5, 5.41) is 5.33. The van der Waals surface area contributed by atoms with Crippen molar-refractivity contribution in [2.45, 2.75) is 45.1 Å². The minimum atomic E-state index is -4.75. The van der Waals surface area contributed by atoms with Crippen LogP contribution in [0.15, 0.2) is 52.9 Å². The number of amides is 1. The average Bonchev–Trinajstić information content (AvgIpc) is 2.70. The number of aromatic nitrogens is 2. The smallest absolute Gasteiger partial charge is 0.406 e. The highest BCUT2D eigenvalue weighted by atomic mass is 32.2. The van der Waals surface area contributed by atoms with Gasteiger partial charge < -0.3 is 10.1 Å². The topological polar surface area (TPSA) is 64.1 Å². The second-order valence-corrected chi connectivity index (χ2v) is 7.21. The van der Waals surface area contributed by atoms with Gasteiger partial charge in [-0.25, -0.2) is 9.97 Å². The molecule has 1 amide bonds. The van der Waals surface area contributed by atoms with Gasteiger partial charge in [0.15, 0.2) is 0 Å². The molecule has 0 radical (unpaired) electrons. The quantitative estimate of drug-likeness (QED) is 0.333. The Morgan fingerprint density at radius 3 is 2.50 bits per heavy atom. The molecule has 0 aliphatic heterocycles. The summed E-state index contributed by atoms with van der Waals surface area (Å²) in [6, 6.07) is 5.48. The number of rotatable bonds is 8. The third-order valence-electron chi connectivity index (χ3n) is 4.04. The van der Waals surface area contributed by atoms with Crippen molar-refractivity contribution in [2.24, 2.45) is 0 Å². The normalized spacial score (nSPS) is 11.9. The Labute approximate surface area is 177 Å². The van der Waals surface area contributed by atoms with Crippen molar-refractivity contribution in [3.63, 3.8) is 0 Å². The van der Waals surface area contributed by atoms with Crippen LogP contribution in [0.2, 0.25) is 0 Å². The molecular weight excluding hydrogens is 415 g/mol. The van der Waals surface area contributed by atoms with E-state index in [1.807, 2.05) is 26.2 Å². The van der Waals surface area contributed by atoms with Gasteiger partial charge in [0, 0.05) is 11.1 Å². The predicted molar refractivity (Wildman–Crippen MR) is 111 cm³/mol. The van der Waals surface area contributed by atoms with E-state index in [4.69, 9.17) is 0 Å². The molecule has 1 aromatic carbocycles. The van der Waals surface area contributed by atoms with E-state index < -0.39 is 6.36 Å². The molecule has 0 aliphatic rings. The van der Waals surface area contributed by atoms with Gasteiger partial charge in [-0.1, -0.05) is 30.8 Å². The van der Waals surface area contributed by atoms with E-state index in [0.29, 0.717) is 22.1 Å². The summed E-state index contributed by atoms with van der Waals surface area (Å²) in [6.07, 6.45) is -2.71. The standard InChI is InChI=1S/C21H22F3N3O2S/c1-5-13(3)12-30-20-14(4)19(26-17(27-20)11-25-18(28)6-2)15-7-9-16(10-8-15)29-21(22,23)24/h6-10,12H,2,5,11H2,1,3-4H3,(H,25,28)/b13-12+. The Morgan fingerprint density at radius 1 is 1.27 bits per heavy atom. The summed E-state index contributed by atoms with van der Waals surface area (Å²) in [5.41, 5.74) is 3.13. The van der Waals surface area contributed by atoms with Crippen LogP contribution in [0.5, 0.6) is 5.75 Å². The zero-order chi connectivity index (χ0) is 22.3. The van der Waals surface area contributed by atoms with Crippen LogP contribution in [-0.4, -0.2) is 22.2 Å². The molecule has 1 aromatic heterocycles. The fraction of sp³-hybridized carbons (Fsp3) is 0.286. The minimum Gasteiger partial charge on any atom is -0.406 e.